The van der Waals surface area contributed by atoms with Crippen LogP contribution in [0, 0.1) is 0 Å². The quantitative estimate of drug-likeness (QED) is 0.323. The molecule has 2 aromatic carbocycles. The van der Waals surface area contributed by atoms with Crippen LogP contribution in [0.2, 0.25) is 0 Å². The van der Waals surface area contributed by atoms with Gasteiger partial charge in [0.2, 0.25) is 4.96 Å². The Bertz CT molecular complexity index is 1480. The maximum atomic E-state index is 12.5. The van der Waals surface area contributed by atoms with Crippen molar-refractivity contribution in [2.75, 3.05) is 7.11 Å². The monoisotopic (exact) mass is 460 g/mol. The molecule has 32 heavy (non-hydrogen) atoms. The van der Waals surface area contributed by atoms with Gasteiger partial charge >= 0.3 is 0 Å². The van der Waals surface area contributed by atoms with E-state index in [4.69, 9.17) is 9.72 Å². The van der Waals surface area contributed by atoms with Crippen molar-refractivity contribution in [2.24, 2.45) is 0 Å². The van der Waals surface area contributed by atoms with E-state index in [1.54, 1.807) is 24.9 Å². The van der Waals surface area contributed by atoms with Gasteiger partial charge in [-0.05, 0) is 35.7 Å². The first kappa shape index (κ1) is 20.7. The molecule has 0 aliphatic carbocycles. The number of aryl methyl sites for hydroxylation is 1. The van der Waals surface area contributed by atoms with Gasteiger partial charge in [-0.15, -0.1) is 0 Å². The zero-order valence-corrected chi connectivity index (χ0v) is 19.2. The van der Waals surface area contributed by atoms with E-state index in [9.17, 15) is 4.79 Å². The van der Waals surface area contributed by atoms with Gasteiger partial charge in [0, 0.05) is 23.3 Å². The highest BCUT2D eigenvalue weighted by atomic mass is 32.2. The van der Waals surface area contributed by atoms with E-state index in [1.807, 2.05) is 43.3 Å². The van der Waals surface area contributed by atoms with Gasteiger partial charge in [-0.2, -0.15) is 9.61 Å². The molecule has 0 N–H and O–H groups in total. The lowest BCUT2D eigenvalue weighted by Crippen LogP contribution is -2.15. The molecule has 0 radical (unpaired) electrons. The Morgan fingerprint density at radius 2 is 1.91 bits per heavy atom. The van der Waals surface area contributed by atoms with Crippen LogP contribution in [0.15, 0.2) is 70.5 Å². The zero-order valence-electron chi connectivity index (χ0n) is 17.6. The largest absolute Gasteiger partial charge is 0.497 e. The molecular formula is C24H20N4O2S2. The minimum Gasteiger partial charge on any atom is -0.497 e. The molecule has 0 aliphatic heterocycles. The molecular weight excluding hydrogens is 440 g/mol. The summed E-state index contributed by atoms with van der Waals surface area (Å²) in [6.07, 6.45) is 0.782. The first-order chi connectivity index (χ1) is 15.6. The summed E-state index contributed by atoms with van der Waals surface area (Å²) in [5.41, 5.74) is 3.68. The fourth-order valence-electron chi connectivity index (χ4n) is 3.50. The molecule has 3 aromatic heterocycles. The second kappa shape index (κ2) is 8.72. The number of thioether (sulfide) groups is 1. The van der Waals surface area contributed by atoms with E-state index in [2.05, 4.69) is 28.3 Å². The van der Waals surface area contributed by atoms with Gasteiger partial charge < -0.3 is 4.74 Å². The third-order valence-corrected chi connectivity index (χ3v) is 7.09. The molecule has 160 valence electrons. The van der Waals surface area contributed by atoms with Gasteiger partial charge in [-0.3, -0.25) is 4.79 Å². The molecule has 8 heteroatoms. The normalized spacial score (nSPS) is 11.3. The molecule has 0 spiro atoms. The Kier molecular flexibility index (Phi) is 5.63. The van der Waals surface area contributed by atoms with Crippen molar-refractivity contribution in [1.82, 2.24) is 19.6 Å². The number of benzene rings is 2. The minimum atomic E-state index is -0.150. The number of aromatic nitrogens is 4. The molecule has 0 unspecified atom stereocenters. The van der Waals surface area contributed by atoms with Crippen LogP contribution in [-0.2, 0) is 12.2 Å². The average Bonchev–Trinajstić information content (AvgIpc) is 3.26. The van der Waals surface area contributed by atoms with Gasteiger partial charge in [0.05, 0.1) is 23.3 Å². The van der Waals surface area contributed by atoms with E-state index >= 15 is 0 Å². The topological polar surface area (TPSA) is 69.4 Å². The number of nitrogens with zero attached hydrogens (tertiary/aromatic N) is 4. The molecule has 0 aliphatic rings. The summed E-state index contributed by atoms with van der Waals surface area (Å²) in [6, 6.07) is 19.9. The molecule has 5 aromatic rings. The number of ether oxygens (including phenoxy) is 1. The Balaban J connectivity index is 1.52. The summed E-state index contributed by atoms with van der Waals surface area (Å²) in [6.45, 7) is 2.02. The second-order valence-corrected chi connectivity index (χ2v) is 9.21. The third-order valence-electron chi connectivity index (χ3n) is 5.09. The Morgan fingerprint density at radius 3 is 2.69 bits per heavy atom. The highest BCUT2D eigenvalue weighted by Gasteiger charge is 2.12. The SMILES string of the molecule is CCc1nn2c(=O)cc(CSc3cc(-c4ccccc4)c4ccc(OC)cc4n3)nc2s1. The number of hydrogen-bond donors (Lipinski definition) is 0. The fraction of sp³-hybridized carbons (Fsp3) is 0.167. The Labute approximate surface area is 192 Å². The van der Waals surface area contributed by atoms with E-state index in [1.165, 1.54) is 15.9 Å². The van der Waals surface area contributed by atoms with Gasteiger partial charge in [-0.1, -0.05) is 60.4 Å². The van der Waals surface area contributed by atoms with Gasteiger partial charge in [0.15, 0.2) is 0 Å². The van der Waals surface area contributed by atoms with E-state index < -0.39 is 0 Å². The van der Waals surface area contributed by atoms with Crippen LogP contribution < -0.4 is 10.3 Å². The lowest BCUT2D eigenvalue weighted by molar-refractivity contribution is 0.415. The van der Waals surface area contributed by atoms with Crippen molar-refractivity contribution in [3.8, 4) is 16.9 Å². The van der Waals surface area contributed by atoms with Crippen LogP contribution in [0.1, 0.15) is 17.6 Å². The van der Waals surface area contributed by atoms with Crippen LogP contribution in [0.4, 0.5) is 0 Å². The third kappa shape index (κ3) is 3.99. The summed E-state index contributed by atoms with van der Waals surface area (Å²) < 4.78 is 6.78. The highest BCUT2D eigenvalue weighted by molar-refractivity contribution is 7.98. The number of methoxy groups -OCH3 is 1. The summed E-state index contributed by atoms with van der Waals surface area (Å²) in [7, 11) is 1.65. The minimum absolute atomic E-state index is 0.150. The van der Waals surface area contributed by atoms with Gasteiger partial charge in [-0.25, -0.2) is 9.97 Å². The molecule has 0 saturated heterocycles. The molecule has 6 nitrogen and oxygen atoms in total. The summed E-state index contributed by atoms with van der Waals surface area (Å²) in [5.74, 6) is 1.31. The molecule has 5 rings (SSSR count). The van der Waals surface area contributed by atoms with Crippen LogP contribution in [0.5, 0.6) is 5.75 Å². The lowest BCUT2D eigenvalue weighted by Gasteiger charge is -2.11. The van der Waals surface area contributed by atoms with E-state index in [-0.39, 0.29) is 5.56 Å². The van der Waals surface area contributed by atoms with Crippen molar-refractivity contribution in [3.05, 3.63) is 81.7 Å². The van der Waals surface area contributed by atoms with Crippen LogP contribution in [0.25, 0.3) is 27.0 Å². The molecule has 0 fully saturated rings. The highest BCUT2D eigenvalue weighted by Crippen LogP contribution is 2.34. The molecule has 3 heterocycles. The smallest absolute Gasteiger partial charge is 0.275 e. The maximum absolute atomic E-state index is 12.5. The van der Waals surface area contributed by atoms with Gasteiger partial charge in [0.1, 0.15) is 10.8 Å². The summed E-state index contributed by atoms with van der Waals surface area (Å²) in [4.78, 5) is 22.6. The van der Waals surface area contributed by atoms with E-state index in [0.29, 0.717) is 10.7 Å². The van der Waals surface area contributed by atoms with Crippen molar-refractivity contribution in [1.29, 1.82) is 0 Å². The maximum Gasteiger partial charge on any atom is 0.275 e. The Hall–Kier alpha value is -3.23. The molecule has 0 saturated carbocycles. The van der Waals surface area contributed by atoms with Crippen LogP contribution in [0.3, 0.4) is 0 Å². The van der Waals surface area contributed by atoms with Crippen molar-refractivity contribution in [3.63, 3.8) is 0 Å². The average molecular weight is 461 g/mol. The Morgan fingerprint density at radius 1 is 1.06 bits per heavy atom. The predicted molar refractivity (Wildman–Crippen MR) is 130 cm³/mol. The molecule has 0 atom stereocenters. The van der Waals surface area contributed by atoms with Crippen LogP contribution >= 0.6 is 23.1 Å². The van der Waals surface area contributed by atoms with Crippen molar-refractivity contribution >= 4 is 39.0 Å². The predicted octanol–water partition coefficient (Wildman–Crippen LogP) is 5.23. The van der Waals surface area contributed by atoms with Gasteiger partial charge in [0.25, 0.3) is 5.56 Å². The van der Waals surface area contributed by atoms with Crippen molar-refractivity contribution in [2.45, 2.75) is 24.1 Å². The standard InChI is InChI=1S/C24H20N4O2S2/c1-3-21-27-28-23(29)11-16(25-24(28)32-21)14-31-22-13-19(15-7-5-4-6-8-15)18-10-9-17(30-2)12-20(18)26-22/h4-13H,3,14H2,1-2H3. The number of hydrogen-bond acceptors (Lipinski definition) is 7. The first-order valence-electron chi connectivity index (χ1n) is 10.2. The summed E-state index contributed by atoms with van der Waals surface area (Å²) >= 11 is 3.02. The fourth-order valence-corrected chi connectivity index (χ4v) is 5.17. The summed E-state index contributed by atoms with van der Waals surface area (Å²) in [5, 5.41) is 7.15. The number of pyridine rings is 1. The zero-order chi connectivity index (χ0) is 22.1. The van der Waals surface area contributed by atoms with E-state index in [0.717, 1.165) is 49.9 Å². The lowest BCUT2D eigenvalue weighted by atomic mass is 10.0. The first-order valence-corrected chi connectivity index (χ1v) is 12.0. The van der Waals surface area contributed by atoms with Crippen LogP contribution in [-0.4, -0.2) is 26.7 Å². The molecule has 0 bridgehead atoms. The van der Waals surface area contributed by atoms with Crippen molar-refractivity contribution < 1.29 is 4.74 Å². The number of rotatable bonds is 6. The second-order valence-electron chi connectivity index (χ2n) is 7.18. The number of fused-ring (bicyclic) bond motifs is 2. The molecule has 0 amide bonds.